The average molecular weight is 386 g/mol. The van der Waals surface area contributed by atoms with E-state index < -0.39 is 0 Å². The molecule has 2 aromatic heterocycles. The number of fused-ring (bicyclic) bond motifs is 2. The lowest BCUT2D eigenvalue weighted by Gasteiger charge is -2.06. The van der Waals surface area contributed by atoms with Gasteiger partial charge in [0.15, 0.2) is 0 Å². The van der Waals surface area contributed by atoms with E-state index in [9.17, 15) is 0 Å². The van der Waals surface area contributed by atoms with Crippen LogP contribution in [0.4, 0.5) is 0 Å². The standard InChI is InChI=1S/C22H16N2.C6H6/c1-5-11-19-15(7-1)13-21(23-19)17-9-3-4-10-18(17)22-14-16-8-2-6-12-20(16)24-22;1-2-4-6-5-3-1/h1-14,23-24H;1-6H. The van der Waals surface area contributed by atoms with Crippen LogP contribution in [-0.4, -0.2) is 9.97 Å². The lowest BCUT2D eigenvalue weighted by molar-refractivity contribution is 1.42. The molecule has 0 fully saturated rings. The molecule has 0 saturated carbocycles. The topological polar surface area (TPSA) is 31.6 Å². The number of rotatable bonds is 2. The summed E-state index contributed by atoms with van der Waals surface area (Å²) in [6.07, 6.45) is 0. The minimum Gasteiger partial charge on any atom is -0.355 e. The molecule has 0 bridgehead atoms. The van der Waals surface area contributed by atoms with Crippen molar-refractivity contribution in [2.45, 2.75) is 0 Å². The van der Waals surface area contributed by atoms with Gasteiger partial charge in [-0.1, -0.05) is 97.1 Å². The van der Waals surface area contributed by atoms with Crippen LogP contribution in [0.3, 0.4) is 0 Å². The van der Waals surface area contributed by atoms with Gasteiger partial charge in [0.25, 0.3) is 0 Å². The van der Waals surface area contributed by atoms with E-state index in [0.717, 1.165) is 11.4 Å². The summed E-state index contributed by atoms with van der Waals surface area (Å²) in [5, 5.41) is 2.47. The van der Waals surface area contributed by atoms with E-state index >= 15 is 0 Å². The third kappa shape index (κ3) is 3.63. The first-order valence-electron chi connectivity index (χ1n) is 10.1. The molecule has 2 N–H and O–H groups in total. The van der Waals surface area contributed by atoms with Crippen LogP contribution in [0, 0.1) is 0 Å². The molecule has 144 valence electrons. The summed E-state index contributed by atoms with van der Waals surface area (Å²) in [5.41, 5.74) is 7.04. The summed E-state index contributed by atoms with van der Waals surface area (Å²) in [4.78, 5) is 7.08. The maximum absolute atomic E-state index is 3.54. The van der Waals surface area contributed by atoms with Gasteiger partial charge in [0.2, 0.25) is 0 Å². The Balaban J connectivity index is 0.000000279. The predicted octanol–water partition coefficient (Wildman–Crippen LogP) is 7.67. The fraction of sp³-hybridized carbons (Fsp3) is 0. The van der Waals surface area contributed by atoms with Crippen molar-refractivity contribution in [3.05, 3.63) is 121 Å². The first kappa shape index (κ1) is 18.0. The van der Waals surface area contributed by atoms with E-state index in [4.69, 9.17) is 0 Å². The summed E-state index contributed by atoms with van der Waals surface area (Å²) in [6, 6.07) is 41.7. The fourth-order valence-electron chi connectivity index (χ4n) is 3.77. The summed E-state index contributed by atoms with van der Waals surface area (Å²) < 4.78 is 0. The Bertz CT molecular complexity index is 1200. The summed E-state index contributed by atoms with van der Waals surface area (Å²) in [5.74, 6) is 0. The zero-order valence-electron chi connectivity index (χ0n) is 16.5. The molecule has 0 saturated heterocycles. The fourth-order valence-corrected chi connectivity index (χ4v) is 3.77. The minimum atomic E-state index is 1.14. The number of aromatic nitrogens is 2. The highest BCUT2D eigenvalue weighted by atomic mass is 14.7. The molecule has 0 aliphatic rings. The first-order valence-corrected chi connectivity index (χ1v) is 10.1. The third-order valence-electron chi connectivity index (χ3n) is 5.23. The second kappa shape index (κ2) is 8.14. The predicted molar refractivity (Wildman–Crippen MR) is 127 cm³/mol. The number of hydrogen-bond acceptors (Lipinski definition) is 0. The molecule has 2 heteroatoms. The second-order valence-electron chi connectivity index (χ2n) is 7.24. The Hall–Kier alpha value is -4.04. The molecule has 0 atom stereocenters. The number of nitrogens with one attached hydrogen (secondary N) is 2. The monoisotopic (exact) mass is 386 g/mol. The summed E-state index contributed by atoms with van der Waals surface area (Å²) in [7, 11) is 0. The Morgan fingerprint density at radius 3 is 1.13 bits per heavy atom. The zero-order valence-corrected chi connectivity index (χ0v) is 16.5. The molecule has 0 unspecified atom stereocenters. The summed E-state index contributed by atoms with van der Waals surface area (Å²) >= 11 is 0. The van der Waals surface area contributed by atoms with Gasteiger partial charge >= 0.3 is 0 Å². The highest BCUT2D eigenvalue weighted by Crippen LogP contribution is 2.34. The quantitative estimate of drug-likeness (QED) is 0.306. The molecule has 2 heterocycles. The van der Waals surface area contributed by atoms with E-state index in [0.29, 0.717) is 0 Å². The molecule has 0 aliphatic carbocycles. The van der Waals surface area contributed by atoms with Gasteiger partial charge in [0.05, 0.1) is 0 Å². The van der Waals surface area contributed by atoms with Gasteiger partial charge in [-0.15, -0.1) is 0 Å². The van der Waals surface area contributed by atoms with Crippen molar-refractivity contribution in [3.8, 4) is 22.5 Å². The van der Waals surface area contributed by atoms with Gasteiger partial charge in [0, 0.05) is 44.3 Å². The van der Waals surface area contributed by atoms with Crippen molar-refractivity contribution >= 4 is 21.8 Å². The number of benzene rings is 4. The normalized spacial score (nSPS) is 10.7. The van der Waals surface area contributed by atoms with E-state index in [1.54, 1.807) is 0 Å². The second-order valence-corrected chi connectivity index (χ2v) is 7.24. The van der Waals surface area contributed by atoms with E-state index in [2.05, 4.69) is 94.9 Å². The van der Waals surface area contributed by atoms with Gasteiger partial charge < -0.3 is 9.97 Å². The van der Waals surface area contributed by atoms with Gasteiger partial charge in [-0.05, 0) is 24.3 Å². The van der Waals surface area contributed by atoms with Crippen LogP contribution >= 0.6 is 0 Å². The van der Waals surface area contributed by atoms with Crippen molar-refractivity contribution in [1.82, 2.24) is 9.97 Å². The molecular formula is C28H22N2. The van der Waals surface area contributed by atoms with Crippen LogP contribution in [0.2, 0.25) is 0 Å². The molecular weight excluding hydrogens is 364 g/mol. The average Bonchev–Trinajstić information content (AvgIpc) is 3.45. The maximum atomic E-state index is 3.54. The Kier molecular flexibility index (Phi) is 4.89. The van der Waals surface area contributed by atoms with Crippen LogP contribution in [-0.2, 0) is 0 Å². The highest BCUT2D eigenvalue weighted by molar-refractivity contribution is 5.93. The zero-order chi connectivity index (χ0) is 20.2. The lowest BCUT2D eigenvalue weighted by Crippen LogP contribution is -1.84. The molecule has 6 aromatic rings. The Morgan fingerprint density at radius 1 is 0.367 bits per heavy atom. The molecule has 4 aromatic carbocycles. The van der Waals surface area contributed by atoms with Crippen LogP contribution < -0.4 is 0 Å². The third-order valence-corrected chi connectivity index (χ3v) is 5.23. The maximum Gasteiger partial charge on any atom is 0.0471 e. The number of para-hydroxylation sites is 2. The molecule has 0 radical (unpaired) electrons. The minimum absolute atomic E-state index is 1.14. The molecule has 6 rings (SSSR count). The van der Waals surface area contributed by atoms with Crippen molar-refractivity contribution in [3.63, 3.8) is 0 Å². The van der Waals surface area contributed by atoms with Gasteiger partial charge in [-0.25, -0.2) is 0 Å². The van der Waals surface area contributed by atoms with Gasteiger partial charge in [-0.3, -0.25) is 0 Å². The van der Waals surface area contributed by atoms with Crippen molar-refractivity contribution < 1.29 is 0 Å². The largest absolute Gasteiger partial charge is 0.355 e. The Morgan fingerprint density at radius 2 is 0.733 bits per heavy atom. The van der Waals surface area contributed by atoms with Crippen LogP contribution in [0.1, 0.15) is 0 Å². The molecule has 0 aliphatic heterocycles. The molecule has 2 nitrogen and oxygen atoms in total. The van der Waals surface area contributed by atoms with Crippen LogP contribution in [0.5, 0.6) is 0 Å². The number of aromatic amines is 2. The molecule has 30 heavy (non-hydrogen) atoms. The molecule has 0 spiro atoms. The van der Waals surface area contributed by atoms with Crippen molar-refractivity contribution in [1.29, 1.82) is 0 Å². The first-order chi connectivity index (χ1) is 14.9. The Labute approximate surface area is 175 Å². The number of hydrogen-bond donors (Lipinski definition) is 2. The highest BCUT2D eigenvalue weighted by Gasteiger charge is 2.11. The van der Waals surface area contributed by atoms with Crippen molar-refractivity contribution in [2.24, 2.45) is 0 Å². The van der Waals surface area contributed by atoms with Crippen molar-refractivity contribution in [2.75, 3.05) is 0 Å². The summed E-state index contributed by atoms with van der Waals surface area (Å²) in [6.45, 7) is 0. The van der Waals surface area contributed by atoms with Gasteiger partial charge in [-0.2, -0.15) is 0 Å². The lowest BCUT2D eigenvalue weighted by atomic mass is 10.0. The van der Waals surface area contributed by atoms with E-state index in [1.165, 1.54) is 32.9 Å². The van der Waals surface area contributed by atoms with Gasteiger partial charge in [0.1, 0.15) is 0 Å². The van der Waals surface area contributed by atoms with E-state index in [-0.39, 0.29) is 0 Å². The SMILES string of the molecule is c1ccc(-c2cc3ccccc3[nH]2)c(-c2cc3ccccc3[nH]2)c1.c1ccccc1. The smallest absolute Gasteiger partial charge is 0.0471 e. The van der Waals surface area contributed by atoms with Crippen LogP contribution in [0.25, 0.3) is 44.3 Å². The molecule has 0 amide bonds. The number of H-pyrrole nitrogens is 2. The van der Waals surface area contributed by atoms with Crippen LogP contribution in [0.15, 0.2) is 121 Å². The van der Waals surface area contributed by atoms with E-state index in [1.807, 2.05) is 36.4 Å².